The highest BCUT2D eigenvalue weighted by molar-refractivity contribution is 7.85. The summed E-state index contributed by atoms with van der Waals surface area (Å²) in [6, 6.07) is 4.36. The van der Waals surface area contributed by atoms with Crippen molar-refractivity contribution in [1.82, 2.24) is 9.38 Å². The maximum absolute atomic E-state index is 12.7. The monoisotopic (exact) mass is 347 g/mol. The summed E-state index contributed by atoms with van der Waals surface area (Å²) in [5, 5.41) is 9.41. The number of hydrogen-bond acceptors (Lipinski definition) is 5. The van der Waals surface area contributed by atoms with Gasteiger partial charge in [-0.1, -0.05) is 0 Å². The van der Waals surface area contributed by atoms with Crippen molar-refractivity contribution >= 4 is 26.8 Å². The van der Waals surface area contributed by atoms with E-state index in [4.69, 9.17) is 4.74 Å². The van der Waals surface area contributed by atoms with Gasteiger partial charge < -0.3 is 9.72 Å². The van der Waals surface area contributed by atoms with Gasteiger partial charge in [0.05, 0.1) is 23.1 Å². The van der Waals surface area contributed by atoms with Crippen LogP contribution in [-0.4, -0.2) is 29.5 Å². The molecule has 124 valence electrons. The second kappa shape index (κ2) is 5.09. The fourth-order valence-electron chi connectivity index (χ4n) is 2.72. The first kappa shape index (κ1) is 16.0. The van der Waals surface area contributed by atoms with Crippen LogP contribution in [0.5, 0.6) is 5.75 Å². The number of nitrogens with one attached hydrogen (secondary N) is 1. The molecule has 0 aliphatic carbocycles. The summed E-state index contributed by atoms with van der Waals surface area (Å²) in [7, 11) is -3.14. The minimum Gasteiger partial charge on any atom is -0.494 e. The third kappa shape index (κ3) is 2.08. The van der Waals surface area contributed by atoms with Gasteiger partial charge in [0.2, 0.25) is 0 Å². The van der Waals surface area contributed by atoms with E-state index in [0.29, 0.717) is 16.6 Å². The molecule has 0 aliphatic rings. The lowest BCUT2D eigenvalue weighted by Crippen LogP contribution is -2.18. The summed E-state index contributed by atoms with van der Waals surface area (Å²) >= 11 is 0. The Morgan fingerprint density at radius 2 is 1.96 bits per heavy atom. The Labute approximate surface area is 136 Å². The van der Waals surface area contributed by atoms with E-state index in [1.807, 2.05) is 0 Å². The van der Waals surface area contributed by atoms with Crippen molar-refractivity contribution in [2.45, 2.75) is 18.7 Å². The second-order valence-corrected chi connectivity index (χ2v) is 6.77. The normalized spacial score (nSPS) is 11.8. The van der Waals surface area contributed by atoms with Crippen molar-refractivity contribution in [3.05, 3.63) is 39.2 Å². The zero-order chi connectivity index (χ0) is 17.8. The molecule has 3 aromatic rings. The molecule has 0 aliphatic heterocycles. The average Bonchev–Trinajstić information content (AvgIpc) is 2.90. The number of fused-ring (bicyclic) bond motifs is 3. The van der Waals surface area contributed by atoms with E-state index in [1.54, 1.807) is 13.8 Å². The van der Waals surface area contributed by atoms with E-state index >= 15 is 0 Å². The molecule has 0 bridgehead atoms. The number of imidazole rings is 1. The molecule has 0 fully saturated rings. The number of benzene rings is 1. The standard InChI is InChI=1S/C15H13N3O5S/c1-7-8(2)15(19)18-13-11(17-14(18)10(7)6-16)4-9(24(20,21)22)5-12(13)23-3/h4-5,17H,1-3H3,(H,20,21,22). The molecule has 2 aromatic heterocycles. The van der Waals surface area contributed by atoms with Gasteiger partial charge in [0.1, 0.15) is 23.0 Å². The highest BCUT2D eigenvalue weighted by Crippen LogP contribution is 2.31. The summed E-state index contributed by atoms with van der Waals surface area (Å²) in [4.78, 5) is 15.2. The first-order valence-electron chi connectivity index (χ1n) is 6.84. The van der Waals surface area contributed by atoms with Gasteiger partial charge in [0, 0.05) is 11.6 Å². The molecule has 0 saturated carbocycles. The smallest absolute Gasteiger partial charge is 0.294 e. The van der Waals surface area contributed by atoms with E-state index in [9.17, 15) is 23.0 Å². The topological polar surface area (TPSA) is 125 Å². The fourth-order valence-corrected chi connectivity index (χ4v) is 3.24. The molecule has 0 spiro atoms. The van der Waals surface area contributed by atoms with Gasteiger partial charge in [-0.05, 0) is 25.5 Å². The molecule has 0 radical (unpaired) electrons. The zero-order valence-electron chi connectivity index (χ0n) is 13.0. The van der Waals surface area contributed by atoms with Crippen LogP contribution in [0.25, 0.3) is 16.7 Å². The minimum atomic E-state index is -4.46. The Kier molecular flexibility index (Phi) is 3.40. The van der Waals surface area contributed by atoms with Gasteiger partial charge in [0.15, 0.2) is 0 Å². The summed E-state index contributed by atoms with van der Waals surface area (Å²) in [5.74, 6) is 0.0839. The number of aromatic nitrogens is 2. The SMILES string of the molecule is COc1cc(S(=O)(=O)O)cc2[nH]c3c(C#N)c(C)c(C)c(=O)n3c12. The molecule has 0 atom stereocenters. The predicted octanol–water partition coefficient (Wildman–Crippen LogP) is 1.52. The molecule has 0 amide bonds. The third-order valence-electron chi connectivity index (χ3n) is 4.08. The van der Waals surface area contributed by atoms with Crippen LogP contribution in [-0.2, 0) is 10.1 Å². The molecule has 9 heteroatoms. The maximum Gasteiger partial charge on any atom is 0.294 e. The van der Waals surface area contributed by atoms with E-state index < -0.39 is 10.1 Å². The van der Waals surface area contributed by atoms with Crippen LogP contribution >= 0.6 is 0 Å². The Bertz CT molecular complexity index is 1210. The fraction of sp³-hybridized carbons (Fsp3) is 0.200. The van der Waals surface area contributed by atoms with Crippen molar-refractivity contribution in [2.24, 2.45) is 0 Å². The van der Waals surface area contributed by atoms with Crippen molar-refractivity contribution in [3.63, 3.8) is 0 Å². The van der Waals surface area contributed by atoms with Gasteiger partial charge in [-0.2, -0.15) is 13.7 Å². The zero-order valence-corrected chi connectivity index (χ0v) is 13.9. The number of H-pyrrole nitrogens is 1. The van der Waals surface area contributed by atoms with Crippen LogP contribution in [0.3, 0.4) is 0 Å². The molecule has 2 heterocycles. The van der Waals surface area contributed by atoms with E-state index in [-0.39, 0.29) is 32.9 Å². The second-order valence-electron chi connectivity index (χ2n) is 5.35. The Balaban J connectivity index is 2.67. The van der Waals surface area contributed by atoms with Crippen molar-refractivity contribution in [1.29, 1.82) is 5.26 Å². The van der Waals surface area contributed by atoms with Crippen molar-refractivity contribution in [3.8, 4) is 11.8 Å². The van der Waals surface area contributed by atoms with Crippen molar-refractivity contribution in [2.75, 3.05) is 7.11 Å². The lowest BCUT2D eigenvalue weighted by atomic mass is 10.1. The van der Waals surface area contributed by atoms with Gasteiger partial charge in [-0.3, -0.25) is 13.7 Å². The highest BCUT2D eigenvalue weighted by Gasteiger charge is 2.21. The average molecular weight is 347 g/mol. The van der Waals surface area contributed by atoms with Crippen LogP contribution in [0.2, 0.25) is 0 Å². The summed E-state index contributed by atoms with van der Waals surface area (Å²) < 4.78 is 38.6. The molecule has 2 N–H and O–H groups in total. The van der Waals surface area contributed by atoms with Gasteiger partial charge in [-0.15, -0.1) is 0 Å². The largest absolute Gasteiger partial charge is 0.494 e. The van der Waals surface area contributed by atoms with Crippen LogP contribution in [0, 0.1) is 25.2 Å². The van der Waals surface area contributed by atoms with Gasteiger partial charge in [-0.25, -0.2) is 0 Å². The quantitative estimate of drug-likeness (QED) is 0.677. The predicted molar refractivity (Wildman–Crippen MR) is 86.1 cm³/mol. The Hall–Kier alpha value is -2.83. The minimum absolute atomic E-state index is 0.0839. The molecule has 0 unspecified atom stereocenters. The number of aromatic amines is 1. The first-order valence-corrected chi connectivity index (χ1v) is 8.28. The van der Waals surface area contributed by atoms with E-state index in [1.165, 1.54) is 17.6 Å². The molecular formula is C15H13N3O5S. The van der Waals surface area contributed by atoms with Gasteiger partial charge in [0.25, 0.3) is 15.7 Å². The molecule has 8 nitrogen and oxygen atoms in total. The number of methoxy groups -OCH3 is 1. The third-order valence-corrected chi connectivity index (χ3v) is 4.91. The Morgan fingerprint density at radius 1 is 1.29 bits per heavy atom. The number of ether oxygens (including phenoxy) is 1. The molecule has 0 saturated heterocycles. The summed E-state index contributed by atoms with van der Waals surface area (Å²) in [5.41, 5.74) is 1.68. The van der Waals surface area contributed by atoms with Crippen LogP contribution in [0.15, 0.2) is 21.8 Å². The number of rotatable bonds is 2. The number of hydrogen-bond donors (Lipinski definition) is 2. The van der Waals surface area contributed by atoms with E-state index in [2.05, 4.69) is 11.1 Å². The maximum atomic E-state index is 12.7. The lowest BCUT2D eigenvalue weighted by molar-refractivity contribution is 0.416. The number of pyridine rings is 1. The highest BCUT2D eigenvalue weighted by atomic mass is 32.2. The Morgan fingerprint density at radius 3 is 2.50 bits per heavy atom. The van der Waals surface area contributed by atoms with Crippen LogP contribution in [0.1, 0.15) is 16.7 Å². The summed E-state index contributed by atoms with van der Waals surface area (Å²) in [6.07, 6.45) is 0. The summed E-state index contributed by atoms with van der Waals surface area (Å²) in [6.45, 7) is 3.28. The number of nitrogens with zero attached hydrogens (tertiary/aromatic N) is 2. The molecule has 24 heavy (non-hydrogen) atoms. The number of nitriles is 1. The van der Waals surface area contributed by atoms with Gasteiger partial charge >= 0.3 is 0 Å². The molecular weight excluding hydrogens is 334 g/mol. The van der Waals surface area contributed by atoms with Crippen LogP contribution in [0.4, 0.5) is 0 Å². The lowest BCUT2D eigenvalue weighted by Gasteiger charge is -2.07. The van der Waals surface area contributed by atoms with E-state index in [0.717, 1.165) is 6.07 Å². The van der Waals surface area contributed by atoms with Crippen LogP contribution < -0.4 is 10.3 Å². The first-order chi connectivity index (χ1) is 11.2. The van der Waals surface area contributed by atoms with Crippen molar-refractivity contribution < 1.29 is 17.7 Å². The molecule has 1 aromatic carbocycles. The molecule has 3 rings (SSSR count).